The van der Waals surface area contributed by atoms with E-state index in [2.05, 4.69) is 28.1 Å². The van der Waals surface area contributed by atoms with Crippen molar-refractivity contribution in [1.29, 1.82) is 0 Å². The number of carbonyl (C=O) groups is 1. The van der Waals surface area contributed by atoms with Crippen LogP contribution in [0, 0.1) is 0 Å². The summed E-state index contributed by atoms with van der Waals surface area (Å²) >= 11 is 0. The second-order valence-corrected chi connectivity index (χ2v) is 6.95. The summed E-state index contributed by atoms with van der Waals surface area (Å²) in [7, 11) is 0. The number of nitrogens with zero attached hydrogens (tertiary/aromatic N) is 2. The van der Waals surface area contributed by atoms with Gasteiger partial charge in [-0.25, -0.2) is 4.79 Å². The molecule has 1 atom stereocenters. The minimum atomic E-state index is -0.633. The first-order valence-electron chi connectivity index (χ1n) is 9.00. The van der Waals surface area contributed by atoms with Gasteiger partial charge in [0, 0.05) is 24.6 Å². The highest BCUT2D eigenvalue weighted by molar-refractivity contribution is 5.87. The third kappa shape index (κ3) is 2.92. The maximum Gasteiger partial charge on any atom is 0.332 e. The minimum Gasteiger partial charge on any atom is -0.459 e. The molecular weight excluding hydrogens is 324 g/mol. The van der Waals surface area contributed by atoms with Gasteiger partial charge in [0.15, 0.2) is 0 Å². The number of ether oxygens (including phenoxy) is 1. The van der Waals surface area contributed by atoms with Crippen molar-refractivity contribution in [2.75, 3.05) is 11.4 Å². The van der Waals surface area contributed by atoms with E-state index in [1.54, 1.807) is 12.4 Å². The first-order chi connectivity index (χ1) is 12.7. The fourth-order valence-electron chi connectivity index (χ4n) is 3.83. The lowest BCUT2D eigenvalue weighted by Gasteiger charge is -2.34. The molecule has 1 aliphatic rings. The summed E-state index contributed by atoms with van der Waals surface area (Å²) in [6.07, 6.45) is 5.29. The molecule has 0 aliphatic carbocycles. The fourth-order valence-corrected chi connectivity index (χ4v) is 3.83. The molecule has 0 saturated carbocycles. The van der Waals surface area contributed by atoms with Crippen LogP contribution in [0.2, 0.25) is 0 Å². The number of benzene rings is 2. The Kier molecular flexibility index (Phi) is 4.33. The van der Waals surface area contributed by atoms with Crippen LogP contribution in [-0.2, 0) is 16.1 Å². The van der Waals surface area contributed by atoms with Gasteiger partial charge in [0.2, 0.25) is 0 Å². The van der Waals surface area contributed by atoms with Crippen molar-refractivity contribution in [3.63, 3.8) is 0 Å². The molecule has 4 rings (SSSR count). The lowest BCUT2D eigenvalue weighted by Crippen LogP contribution is -2.49. The highest BCUT2D eigenvalue weighted by Gasteiger charge is 2.44. The summed E-state index contributed by atoms with van der Waals surface area (Å²) in [5.41, 5.74) is 1.42. The molecule has 4 heteroatoms. The molecule has 1 saturated heterocycles. The minimum absolute atomic E-state index is 0.167. The molecule has 2 heterocycles. The third-order valence-corrected chi connectivity index (χ3v) is 5.29. The van der Waals surface area contributed by atoms with E-state index in [9.17, 15) is 4.79 Å². The van der Waals surface area contributed by atoms with E-state index in [0.29, 0.717) is 6.61 Å². The Morgan fingerprint density at radius 2 is 1.88 bits per heavy atom. The number of esters is 1. The molecule has 3 aromatic rings. The molecule has 0 unspecified atom stereocenters. The van der Waals surface area contributed by atoms with Gasteiger partial charge >= 0.3 is 5.97 Å². The zero-order valence-corrected chi connectivity index (χ0v) is 14.9. The van der Waals surface area contributed by atoms with Crippen LogP contribution in [0.5, 0.6) is 0 Å². The first kappa shape index (κ1) is 16.6. The number of rotatable bonds is 4. The Hall–Kier alpha value is -2.88. The maximum absolute atomic E-state index is 13.0. The molecule has 132 valence electrons. The van der Waals surface area contributed by atoms with E-state index in [1.807, 2.05) is 43.3 Å². The summed E-state index contributed by atoms with van der Waals surface area (Å²) in [4.78, 5) is 19.2. The van der Waals surface area contributed by atoms with E-state index in [4.69, 9.17) is 4.74 Å². The van der Waals surface area contributed by atoms with Gasteiger partial charge < -0.3 is 9.64 Å². The Bertz CT molecular complexity index is 920. The molecule has 0 bridgehead atoms. The number of aromatic nitrogens is 1. The molecule has 0 amide bonds. The first-order valence-corrected chi connectivity index (χ1v) is 9.00. The summed E-state index contributed by atoms with van der Waals surface area (Å²) in [5.74, 6) is -0.167. The van der Waals surface area contributed by atoms with Crippen LogP contribution in [0.4, 0.5) is 5.69 Å². The zero-order valence-electron chi connectivity index (χ0n) is 14.9. The quantitative estimate of drug-likeness (QED) is 0.659. The van der Waals surface area contributed by atoms with Crippen molar-refractivity contribution in [3.05, 3.63) is 72.6 Å². The Morgan fingerprint density at radius 3 is 2.73 bits per heavy atom. The molecule has 2 aromatic carbocycles. The molecule has 4 nitrogen and oxygen atoms in total. The summed E-state index contributed by atoms with van der Waals surface area (Å²) in [5, 5.41) is 2.29. The predicted octanol–water partition coefficient (Wildman–Crippen LogP) is 4.34. The molecule has 0 spiro atoms. The topological polar surface area (TPSA) is 42.4 Å². The van der Waals surface area contributed by atoms with Gasteiger partial charge in [0.25, 0.3) is 0 Å². The molecule has 0 radical (unpaired) electrons. The monoisotopic (exact) mass is 346 g/mol. The SMILES string of the molecule is C[C@@]1(C(=O)OCc2cccc3ccccc23)CCCN1c1ccncc1. The lowest BCUT2D eigenvalue weighted by atomic mass is 9.98. The van der Waals surface area contributed by atoms with Crippen molar-refractivity contribution in [3.8, 4) is 0 Å². The van der Waals surface area contributed by atoms with Gasteiger partial charge in [-0.2, -0.15) is 0 Å². The number of hydrogen-bond donors (Lipinski definition) is 0. The number of hydrogen-bond acceptors (Lipinski definition) is 4. The van der Waals surface area contributed by atoms with Crippen molar-refractivity contribution in [1.82, 2.24) is 4.98 Å². The van der Waals surface area contributed by atoms with Gasteiger partial charge in [-0.05, 0) is 48.2 Å². The summed E-state index contributed by atoms with van der Waals surface area (Å²) < 4.78 is 5.78. The van der Waals surface area contributed by atoms with Crippen molar-refractivity contribution in [2.45, 2.75) is 31.9 Å². The van der Waals surface area contributed by atoms with E-state index in [-0.39, 0.29) is 5.97 Å². The van der Waals surface area contributed by atoms with Crippen LogP contribution in [-0.4, -0.2) is 23.0 Å². The lowest BCUT2D eigenvalue weighted by molar-refractivity contribution is -0.150. The highest BCUT2D eigenvalue weighted by Crippen LogP contribution is 2.35. The van der Waals surface area contributed by atoms with Crippen molar-refractivity contribution in [2.24, 2.45) is 0 Å². The average Bonchev–Trinajstić information content (AvgIpc) is 3.09. The highest BCUT2D eigenvalue weighted by atomic mass is 16.5. The average molecular weight is 346 g/mol. The maximum atomic E-state index is 13.0. The zero-order chi connectivity index (χ0) is 18.0. The number of pyridine rings is 1. The molecule has 1 fully saturated rings. The summed E-state index contributed by atoms with van der Waals surface area (Å²) in [6.45, 7) is 3.12. The van der Waals surface area contributed by atoms with Crippen LogP contribution in [0.3, 0.4) is 0 Å². The van der Waals surface area contributed by atoms with Crippen molar-refractivity contribution < 1.29 is 9.53 Å². The fraction of sp³-hybridized carbons (Fsp3) is 0.273. The summed E-state index contributed by atoms with van der Waals surface area (Å²) in [6, 6.07) is 18.2. The molecule has 1 aliphatic heterocycles. The predicted molar refractivity (Wildman–Crippen MR) is 103 cm³/mol. The van der Waals surface area contributed by atoms with Crippen LogP contribution in [0.15, 0.2) is 67.0 Å². The Balaban J connectivity index is 1.54. The molecule has 26 heavy (non-hydrogen) atoms. The molecule has 0 N–H and O–H groups in total. The van der Waals surface area contributed by atoms with E-state index in [1.165, 1.54) is 0 Å². The second kappa shape index (κ2) is 6.79. The third-order valence-electron chi connectivity index (χ3n) is 5.29. The van der Waals surface area contributed by atoms with Gasteiger partial charge in [-0.15, -0.1) is 0 Å². The van der Waals surface area contributed by atoms with E-state index < -0.39 is 5.54 Å². The number of carbonyl (C=O) groups excluding carboxylic acids is 1. The van der Waals surface area contributed by atoms with Crippen LogP contribution in [0.25, 0.3) is 10.8 Å². The van der Waals surface area contributed by atoms with Crippen LogP contribution < -0.4 is 4.90 Å². The second-order valence-electron chi connectivity index (χ2n) is 6.95. The molecule has 1 aromatic heterocycles. The van der Waals surface area contributed by atoms with E-state index >= 15 is 0 Å². The standard InChI is InChI=1S/C22H22N2O2/c1-22(12-5-15-24(22)19-10-13-23-14-11-19)21(25)26-16-18-8-4-7-17-6-2-3-9-20(17)18/h2-4,6-11,13-14H,5,12,15-16H2,1H3/t22-/m0/s1. The van der Waals surface area contributed by atoms with Gasteiger partial charge in [0.05, 0.1) is 0 Å². The number of anilines is 1. The van der Waals surface area contributed by atoms with Crippen LogP contribution >= 0.6 is 0 Å². The Morgan fingerprint density at radius 1 is 1.12 bits per heavy atom. The van der Waals surface area contributed by atoms with Gasteiger partial charge in [-0.1, -0.05) is 42.5 Å². The smallest absolute Gasteiger partial charge is 0.332 e. The number of fused-ring (bicyclic) bond motifs is 1. The molecular formula is C22H22N2O2. The Labute approximate surface area is 153 Å². The van der Waals surface area contributed by atoms with Gasteiger partial charge in [-0.3, -0.25) is 4.98 Å². The largest absolute Gasteiger partial charge is 0.459 e. The van der Waals surface area contributed by atoms with Crippen molar-refractivity contribution >= 4 is 22.4 Å². The van der Waals surface area contributed by atoms with Gasteiger partial charge in [0.1, 0.15) is 12.1 Å². The normalized spacial score (nSPS) is 19.7. The van der Waals surface area contributed by atoms with E-state index in [0.717, 1.165) is 41.4 Å². The van der Waals surface area contributed by atoms with Crippen LogP contribution in [0.1, 0.15) is 25.3 Å².